The van der Waals surface area contributed by atoms with E-state index >= 15 is 0 Å². The molecule has 1 heterocycles. The molecule has 0 aliphatic heterocycles. The zero-order valence-corrected chi connectivity index (χ0v) is 17.2. The smallest absolute Gasteiger partial charge is 0.0934 e. The van der Waals surface area contributed by atoms with E-state index < -0.39 is 0 Å². The summed E-state index contributed by atoms with van der Waals surface area (Å²) in [5, 5.41) is 7.50. The molecular formula is C25H17IN2. The second kappa shape index (κ2) is 7.24. The van der Waals surface area contributed by atoms with Crippen molar-refractivity contribution in [2.24, 2.45) is 0 Å². The van der Waals surface area contributed by atoms with Crippen molar-refractivity contribution in [1.82, 2.24) is 9.78 Å². The number of rotatable bonds is 3. The molecule has 1 aromatic heterocycles. The van der Waals surface area contributed by atoms with E-state index in [1.54, 1.807) is 0 Å². The van der Waals surface area contributed by atoms with Crippen LogP contribution in [0.1, 0.15) is 0 Å². The molecule has 0 aliphatic carbocycles. The fraction of sp³-hybridized carbons (Fsp3) is 0. The van der Waals surface area contributed by atoms with Crippen LogP contribution in [0.2, 0.25) is 0 Å². The van der Waals surface area contributed by atoms with Gasteiger partial charge in [-0.1, -0.05) is 91.0 Å². The maximum atomic E-state index is 5.01. The Morgan fingerprint density at radius 3 is 2.04 bits per heavy atom. The molecule has 2 nitrogen and oxygen atoms in total. The molecule has 4 aromatic carbocycles. The topological polar surface area (TPSA) is 17.8 Å². The standard InChI is InChI=1S/C25H17IN2/c26-25-21-14-8-7-9-18(21)15-16-23(25)28-24(20-12-5-2-6-13-20)17-22(27-28)19-10-3-1-4-11-19/h1-17H. The third-order valence-corrected chi connectivity index (χ3v) is 6.05. The van der Waals surface area contributed by atoms with Crippen LogP contribution in [0.25, 0.3) is 39.0 Å². The van der Waals surface area contributed by atoms with Crippen LogP contribution >= 0.6 is 22.6 Å². The normalized spacial score (nSPS) is 11.0. The van der Waals surface area contributed by atoms with Crippen LogP contribution in [0, 0.1) is 3.57 Å². The largest absolute Gasteiger partial charge is 0.231 e. The van der Waals surface area contributed by atoms with Crippen LogP contribution in [0.5, 0.6) is 0 Å². The Balaban J connectivity index is 1.77. The second-order valence-electron chi connectivity index (χ2n) is 6.68. The summed E-state index contributed by atoms with van der Waals surface area (Å²) < 4.78 is 3.28. The summed E-state index contributed by atoms with van der Waals surface area (Å²) in [6.07, 6.45) is 0. The molecule has 0 radical (unpaired) electrons. The minimum Gasteiger partial charge on any atom is -0.231 e. The number of hydrogen-bond acceptors (Lipinski definition) is 1. The highest BCUT2D eigenvalue weighted by Crippen LogP contribution is 2.32. The summed E-state index contributed by atoms with van der Waals surface area (Å²) in [6.45, 7) is 0. The first-order chi connectivity index (χ1) is 13.8. The third-order valence-electron chi connectivity index (χ3n) is 4.92. The zero-order valence-electron chi connectivity index (χ0n) is 15.1. The van der Waals surface area contributed by atoms with E-state index in [-0.39, 0.29) is 0 Å². The van der Waals surface area contributed by atoms with Crippen molar-refractivity contribution in [3.8, 4) is 28.2 Å². The van der Waals surface area contributed by atoms with Crippen LogP contribution < -0.4 is 0 Å². The molecule has 5 aromatic rings. The summed E-state index contributed by atoms with van der Waals surface area (Å²) >= 11 is 2.44. The first-order valence-corrected chi connectivity index (χ1v) is 10.3. The van der Waals surface area contributed by atoms with Gasteiger partial charge in [-0.05, 0) is 45.5 Å². The minimum absolute atomic E-state index is 0.975. The number of aromatic nitrogens is 2. The van der Waals surface area contributed by atoms with Gasteiger partial charge in [0.1, 0.15) is 0 Å². The lowest BCUT2D eigenvalue weighted by Crippen LogP contribution is -2.02. The van der Waals surface area contributed by atoms with Gasteiger partial charge in [0, 0.05) is 14.7 Å². The van der Waals surface area contributed by atoms with Gasteiger partial charge < -0.3 is 0 Å². The summed E-state index contributed by atoms with van der Waals surface area (Å²) in [5.41, 5.74) is 5.44. The molecule has 0 fully saturated rings. The Morgan fingerprint density at radius 1 is 0.643 bits per heavy atom. The van der Waals surface area contributed by atoms with E-state index in [9.17, 15) is 0 Å². The number of hydrogen-bond donors (Lipinski definition) is 0. The van der Waals surface area contributed by atoms with Crippen LogP contribution in [0.15, 0.2) is 103 Å². The van der Waals surface area contributed by atoms with Crippen molar-refractivity contribution in [1.29, 1.82) is 0 Å². The van der Waals surface area contributed by atoms with Crippen LogP contribution in [0.4, 0.5) is 0 Å². The zero-order chi connectivity index (χ0) is 18.9. The summed E-state index contributed by atoms with van der Waals surface area (Å²) in [6, 6.07) is 35.8. The Hall–Kier alpha value is -2.92. The van der Waals surface area contributed by atoms with Gasteiger partial charge in [-0.2, -0.15) is 5.10 Å². The van der Waals surface area contributed by atoms with Crippen LogP contribution in [-0.2, 0) is 0 Å². The van der Waals surface area contributed by atoms with Gasteiger partial charge in [-0.15, -0.1) is 0 Å². The Morgan fingerprint density at radius 2 is 1.29 bits per heavy atom. The summed E-state index contributed by atoms with van der Waals surface area (Å²) in [7, 11) is 0. The van der Waals surface area contributed by atoms with Crippen molar-refractivity contribution in [3.63, 3.8) is 0 Å². The van der Waals surface area contributed by atoms with Crippen molar-refractivity contribution < 1.29 is 0 Å². The SMILES string of the molecule is Ic1c(-n2nc(-c3ccccc3)cc2-c2ccccc2)ccc2ccccc12. The Labute approximate surface area is 177 Å². The van der Waals surface area contributed by atoms with E-state index in [0.29, 0.717) is 0 Å². The Kier molecular flexibility index (Phi) is 4.45. The first kappa shape index (κ1) is 17.2. The molecule has 0 spiro atoms. The summed E-state index contributed by atoms with van der Waals surface area (Å²) in [4.78, 5) is 0. The number of halogens is 1. The fourth-order valence-corrected chi connectivity index (χ4v) is 4.41. The molecule has 28 heavy (non-hydrogen) atoms. The molecule has 0 amide bonds. The average molecular weight is 472 g/mol. The monoisotopic (exact) mass is 472 g/mol. The van der Waals surface area contributed by atoms with E-state index in [2.05, 4.69) is 118 Å². The molecule has 0 saturated carbocycles. The maximum Gasteiger partial charge on any atom is 0.0934 e. The fourth-order valence-electron chi connectivity index (χ4n) is 3.51. The van der Waals surface area contributed by atoms with Gasteiger partial charge in [0.25, 0.3) is 0 Å². The second-order valence-corrected chi connectivity index (χ2v) is 7.76. The van der Waals surface area contributed by atoms with Gasteiger partial charge in [-0.3, -0.25) is 0 Å². The molecule has 0 saturated heterocycles. The van der Waals surface area contributed by atoms with E-state index in [0.717, 1.165) is 28.2 Å². The lowest BCUT2D eigenvalue weighted by Gasteiger charge is -2.12. The van der Waals surface area contributed by atoms with Crippen molar-refractivity contribution in [3.05, 3.63) is 107 Å². The highest BCUT2D eigenvalue weighted by Gasteiger charge is 2.16. The Bertz CT molecular complexity index is 1260. The van der Waals surface area contributed by atoms with Gasteiger partial charge in [0.2, 0.25) is 0 Å². The molecule has 0 aliphatic rings. The highest BCUT2D eigenvalue weighted by molar-refractivity contribution is 14.1. The predicted molar refractivity (Wildman–Crippen MR) is 125 cm³/mol. The lowest BCUT2D eigenvalue weighted by molar-refractivity contribution is 0.889. The van der Waals surface area contributed by atoms with Crippen molar-refractivity contribution >= 4 is 33.4 Å². The molecular weight excluding hydrogens is 455 g/mol. The van der Waals surface area contributed by atoms with Gasteiger partial charge in [-0.25, -0.2) is 4.68 Å². The third kappa shape index (κ3) is 3.02. The highest BCUT2D eigenvalue weighted by atomic mass is 127. The lowest BCUT2D eigenvalue weighted by atomic mass is 10.1. The van der Waals surface area contributed by atoms with Gasteiger partial charge >= 0.3 is 0 Å². The molecule has 0 atom stereocenters. The molecule has 5 rings (SSSR count). The number of nitrogens with zero attached hydrogens (tertiary/aromatic N) is 2. The maximum absolute atomic E-state index is 5.01. The summed E-state index contributed by atoms with van der Waals surface area (Å²) in [5.74, 6) is 0. The molecule has 0 unspecified atom stereocenters. The van der Waals surface area contributed by atoms with Gasteiger partial charge in [0.15, 0.2) is 0 Å². The van der Waals surface area contributed by atoms with Crippen LogP contribution in [0.3, 0.4) is 0 Å². The quantitative estimate of drug-likeness (QED) is 0.260. The molecule has 0 N–H and O–H groups in total. The predicted octanol–water partition coefficient (Wildman–Crippen LogP) is 6.96. The number of fused-ring (bicyclic) bond motifs is 1. The van der Waals surface area contributed by atoms with Crippen molar-refractivity contribution in [2.45, 2.75) is 0 Å². The molecule has 0 bridgehead atoms. The van der Waals surface area contributed by atoms with Crippen LogP contribution in [-0.4, -0.2) is 9.78 Å². The van der Waals surface area contributed by atoms with E-state index in [1.807, 2.05) is 12.1 Å². The van der Waals surface area contributed by atoms with E-state index in [4.69, 9.17) is 5.10 Å². The molecule has 134 valence electrons. The van der Waals surface area contributed by atoms with E-state index in [1.165, 1.54) is 14.3 Å². The average Bonchev–Trinajstić information content (AvgIpc) is 3.21. The molecule has 3 heteroatoms. The minimum atomic E-state index is 0.975. The number of benzene rings is 4. The van der Waals surface area contributed by atoms with Gasteiger partial charge in [0.05, 0.1) is 17.1 Å². The van der Waals surface area contributed by atoms with Crippen molar-refractivity contribution in [2.75, 3.05) is 0 Å². The first-order valence-electron chi connectivity index (χ1n) is 9.20.